The normalized spacial score (nSPS) is 11.7. The molecule has 2 aromatic rings. The van der Waals surface area contributed by atoms with Crippen LogP contribution in [0.3, 0.4) is 0 Å². The Hall–Kier alpha value is -2.29. The molecule has 2 rings (SSSR count). The molecular formula is C17H19NO2. The maximum atomic E-state index is 12.0. The largest absolute Gasteiger partial charge is 0.457 e. The van der Waals surface area contributed by atoms with E-state index in [1.807, 2.05) is 55.5 Å². The highest BCUT2D eigenvalue weighted by Gasteiger charge is 2.13. The molecule has 1 atom stereocenters. The number of hydrogen-bond donors (Lipinski definition) is 1. The van der Waals surface area contributed by atoms with Crippen LogP contribution in [0, 0.1) is 0 Å². The second kappa shape index (κ2) is 7.34. The van der Waals surface area contributed by atoms with Gasteiger partial charge in [-0.05, 0) is 30.7 Å². The third-order valence-corrected chi connectivity index (χ3v) is 3.05. The zero-order valence-electron chi connectivity index (χ0n) is 11.6. The lowest BCUT2D eigenvalue weighted by molar-refractivity contribution is 0.0321. The van der Waals surface area contributed by atoms with Crippen LogP contribution in [0.5, 0.6) is 0 Å². The molecule has 0 heterocycles. The molecule has 0 spiro atoms. The van der Waals surface area contributed by atoms with Crippen molar-refractivity contribution in [2.75, 3.05) is 11.9 Å². The van der Waals surface area contributed by atoms with Gasteiger partial charge in [-0.25, -0.2) is 4.79 Å². The molecule has 3 nitrogen and oxygen atoms in total. The summed E-state index contributed by atoms with van der Waals surface area (Å²) in [5, 5.41) is 3.28. The molecule has 0 aliphatic carbocycles. The predicted molar refractivity (Wildman–Crippen MR) is 80.9 cm³/mol. The third kappa shape index (κ3) is 4.12. The average Bonchev–Trinajstić information content (AvgIpc) is 2.53. The summed E-state index contributed by atoms with van der Waals surface area (Å²) >= 11 is 0. The van der Waals surface area contributed by atoms with Gasteiger partial charge in [0.15, 0.2) is 0 Å². The molecule has 0 saturated carbocycles. The number of esters is 1. The average molecular weight is 269 g/mol. The van der Waals surface area contributed by atoms with E-state index in [4.69, 9.17) is 4.74 Å². The van der Waals surface area contributed by atoms with Crippen LogP contribution in [0.15, 0.2) is 60.7 Å². The van der Waals surface area contributed by atoms with Gasteiger partial charge in [-0.15, -0.1) is 0 Å². The summed E-state index contributed by atoms with van der Waals surface area (Å²) in [6.45, 7) is 2.62. The Labute approximate surface area is 119 Å². The van der Waals surface area contributed by atoms with Gasteiger partial charge in [-0.3, -0.25) is 0 Å². The monoisotopic (exact) mass is 269 g/mol. The van der Waals surface area contributed by atoms with Crippen LogP contribution in [0.2, 0.25) is 0 Å². The van der Waals surface area contributed by atoms with Gasteiger partial charge in [-0.2, -0.15) is 0 Å². The Bertz CT molecular complexity index is 525. The van der Waals surface area contributed by atoms with Crippen LogP contribution in [0.1, 0.15) is 23.7 Å². The Kier molecular flexibility index (Phi) is 5.18. The van der Waals surface area contributed by atoms with Crippen molar-refractivity contribution in [2.45, 2.75) is 19.4 Å². The van der Waals surface area contributed by atoms with Gasteiger partial charge in [0.1, 0.15) is 6.10 Å². The van der Waals surface area contributed by atoms with Crippen LogP contribution >= 0.6 is 0 Å². The van der Waals surface area contributed by atoms with E-state index < -0.39 is 0 Å². The van der Waals surface area contributed by atoms with Gasteiger partial charge in [0.25, 0.3) is 0 Å². The van der Waals surface area contributed by atoms with Crippen molar-refractivity contribution in [3.8, 4) is 0 Å². The molecule has 0 saturated heterocycles. The highest BCUT2D eigenvalue weighted by Crippen LogP contribution is 2.09. The zero-order valence-corrected chi connectivity index (χ0v) is 11.6. The van der Waals surface area contributed by atoms with Crippen molar-refractivity contribution < 1.29 is 9.53 Å². The Morgan fingerprint density at radius 3 is 2.25 bits per heavy atom. The minimum atomic E-state index is -0.271. The first-order valence-electron chi connectivity index (χ1n) is 6.84. The van der Waals surface area contributed by atoms with E-state index in [2.05, 4.69) is 5.32 Å². The lowest BCUT2D eigenvalue weighted by Gasteiger charge is -2.17. The molecule has 20 heavy (non-hydrogen) atoms. The highest BCUT2D eigenvalue weighted by atomic mass is 16.5. The molecule has 0 amide bonds. The second-order valence-corrected chi connectivity index (χ2v) is 4.55. The number of rotatable bonds is 6. The van der Waals surface area contributed by atoms with Gasteiger partial charge in [0.05, 0.1) is 12.1 Å². The zero-order chi connectivity index (χ0) is 14.2. The van der Waals surface area contributed by atoms with Crippen molar-refractivity contribution in [1.82, 2.24) is 0 Å². The number of ether oxygens (including phenoxy) is 1. The van der Waals surface area contributed by atoms with E-state index in [1.165, 1.54) is 0 Å². The fourth-order valence-corrected chi connectivity index (χ4v) is 1.85. The van der Waals surface area contributed by atoms with Crippen LogP contribution in [-0.2, 0) is 4.74 Å². The van der Waals surface area contributed by atoms with Crippen molar-refractivity contribution in [2.24, 2.45) is 0 Å². The lowest BCUT2D eigenvalue weighted by atomic mass is 10.2. The summed E-state index contributed by atoms with van der Waals surface area (Å²) in [6, 6.07) is 19.0. The third-order valence-electron chi connectivity index (χ3n) is 3.05. The Morgan fingerprint density at radius 1 is 1.05 bits per heavy atom. The van der Waals surface area contributed by atoms with Crippen molar-refractivity contribution >= 4 is 11.7 Å². The Morgan fingerprint density at radius 2 is 1.65 bits per heavy atom. The van der Waals surface area contributed by atoms with Gasteiger partial charge in [0, 0.05) is 5.69 Å². The van der Waals surface area contributed by atoms with E-state index in [0.29, 0.717) is 12.1 Å². The Balaban J connectivity index is 1.88. The van der Waals surface area contributed by atoms with E-state index >= 15 is 0 Å². The number of anilines is 1. The van der Waals surface area contributed by atoms with Gasteiger partial charge in [-0.1, -0.05) is 43.3 Å². The molecule has 0 radical (unpaired) electrons. The van der Waals surface area contributed by atoms with Crippen LogP contribution in [0.25, 0.3) is 0 Å². The van der Waals surface area contributed by atoms with Crippen LogP contribution in [-0.4, -0.2) is 18.6 Å². The molecule has 0 fully saturated rings. The number of benzene rings is 2. The first-order valence-corrected chi connectivity index (χ1v) is 6.84. The molecular weight excluding hydrogens is 250 g/mol. The summed E-state index contributed by atoms with van der Waals surface area (Å²) in [5.74, 6) is -0.271. The summed E-state index contributed by atoms with van der Waals surface area (Å²) in [5.41, 5.74) is 1.62. The smallest absolute Gasteiger partial charge is 0.338 e. The van der Waals surface area contributed by atoms with Crippen molar-refractivity contribution in [3.05, 3.63) is 66.2 Å². The molecule has 104 valence electrons. The fourth-order valence-electron chi connectivity index (χ4n) is 1.85. The SMILES string of the molecule is CCC(CNc1ccccc1)OC(=O)c1ccccc1. The number of carbonyl (C=O) groups is 1. The van der Waals surface area contributed by atoms with E-state index in [-0.39, 0.29) is 12.1 Å². The standard InChI is InChI=1S/C17H19NO2/c1-2-16(13-18-15-11-7-4-8-12-15)20-17(19)14-9-5-3-6-10-14/h3-12,16,18H,2,13H2,1H3. The number of nitrogens with one attached hydrogen (secondary N) is 1. The van der Waals surface area contributed by atoms with Crippen molar-refractivity contribution in [1.29, 1.82) is 0 Å². The minimum Gasteiger partial charge on any atom is -0.457 e. The van der Waals surface area contributed by atoms with E-state index in [9.17, 15) is 4.79 Å². The molecule has 0 aliphatic heterocycles. The van der Waals surface area contributed by atoms with Crippen LogP contribution in [0.4, 0.5) is 5.69 Å². The van der Waals surface area contributed by atoms with Gasteiger partial charge >= 0.3 is 5.97 Å². The van der Waals surface area contributed by atoms with Crippen molar-refractivity contribution in [3.63, 3.8) is 0 Å². The maximum absolute atomic E-state index is 12.0. The van der Waals surface area contributed by atoms with Gasteiger partial charge in [0.2, 0.25) is 0 Å². The molecule has 3 heteroatoms. The highest BCUT2D eigenvalue weighted by molar-refractivity contribution is 5.89. The molecule has 0 aromatic heterocycles. The predicted octanol–water partition coefficient (Wildman–Crippen LogP) is 3.73. The molecule has 0 aliphatic rings. The minimum absolute atomic E-state index is 0.136. The number of carbonyl (C=O) groups excluding carboxylic acids is 1. The van der Waals surface area contributed by atoms with Gasteiger partial charge < -0.3 is 10.1 Å². The summed E-state index contributed by atoms with van der Waals surface area (Å²) < 4.78 is 5.51. The quantitative estimate of drug-likeness (QED) is 0.812. The van der Waals surface area contributed by atoms with E-state index in [1.54, 1.807) is 12.1 Å². The summed E-state index contributed by atoms with van der Waals surface area (Å²) in [6.07, 6.45) is 0.640. The summed E-state index contributed by atoms with van der Waals surface area (Å²) in [4.78, 5) is 12.0. The van der Waals surface area contributed by atoms with Crippen LogP contribution < -0.4 is 5.32 Å². The molecule has 2 aromatic carbocycles. The van der Waals surface area contributed by atoms with E-state index in [0.717, 1.165) is 12.1 Å². The lowest BCUT2D eigenvalue weighted by Crippen LogP contribution is -2.25. The second-order valence-electron chi connectivity index (χ2n) is 4.55. The topological polar surface area (TPSA) is 38.3 Å². The molecule has 0 bridgehead atoms. The molecule has 1 unspecified atom stereocenters. The fraction of sp³-hybridized carbons (Fsp3) is 0.235. The number of para-hydroxylation sites is 1. The number of hydrogen-bond acceptors (Lipinski definition) is 3. The first-order chi connectivity index (χ1) is 9.79. The summed E-state index contributed by atoms with van der Waals surface area (Å²) in [7, 11) is 0. The first kappa shape index (κ1) is 14.1. The maximum Gasteiger partial charge on any atom is 0.338 e. The molecule has 1 N–H and O–H groups in total.